The number of piperazine rings is 1. The van der Waals surface area contributed by atoms with Crippen LogP contribution in [0.5, 0.6) is 0 Å². The Kier molecular flexibility index (Phi) is 2.27. The number of rotatable bonds is 1. The van der Waals surface area contributed by atoms with Gasteiger partial charge in [-0.2, -0.15) is 0 Å². The van der Waals surface area contributed by atoms with Gasteiger partial charge in [0.1, 0.15) is 0 Å². The van der Waals surface area contributed by atoms with Crippen LogP contribution < -0.4 is 10.7 Å². The van der Waals surface area contributed by atoms with Crippen LogP contribution in [0.4, 0.5) is 4.79 Å². The SMILES string of the molecule is O=C(O)NN1CCNC(=O)C1. The number of hydrogen-bond acceptors (Lipinski definition) is 3. The molecule has 0 saturated carbocycles. The Morgan fingerprint density at radius 3 is 3.00 bits per heavy atom. The van der Waals surface area contributed by atoms with Crippen molar-refractivity contribution in [2.75, 3.05) is 19.6 Å². The maximum atomic E-state index is 10.7. The van der Waals surface area contributed by atoms with Gasteiger partial charge in [0, 0.05) is 13.1 Å². The monoisotopic (exact) mass is 159 g/mol. The van der Waals surface area contributed by atoms with E-state index in [-0.39, 0.29) is 12.5 Å². The number of carboxylic acid groups (broad SMARTS) is 1. The maximum Gasteiger partial charge on any atom is 0.419 e. The van der Waals surface area contributed by atoms with Crippen LogP contribution in [-0.4, -0.2) is 41.8 Å². The minimum atomic E-state index is -1.14. The van der Waals surface area contributed by atoms with Crippen molar-refractivity contribution in [3.05, 3.63) is 0 Å². The molecule has 0 spiro atoms. The smallest absolute Gasteiger partial charge is 0.419 e. The fourth-order valence-electron chi connectivity index (χ4n) is 0.869. The lowest BCUT2D eigenvalue weighted by molar-refractivity contribution is -0.124. The Morgan fingerprint density at radius 2 is 2.45 bits per heavy atom. The van der Waals surface area contributed by atoms with Gasteiger partial charge in [0.05, 0.1) is 6.54 Å². The summed E-state index contributed by atoms with van der Waals surface area (Å²) in [7, 11) is 0. The molecular weight excluding hydrogens is 150 g/mol. The normalized spacial score (nSPS) is 19.1. The molecule has 1 saturated heterocycles. The van der Waals surface area contributed by atoms with E-state index in [9.17, 15) is 9.59 Å². The highest BCUT2D eigenvalue weighted by Crippen LogP contribution is 1.87. The highest BCUT2D eigenvalue weighted by atomic mass is 16.4. The molecule has 0 aliphatic carbocycles. The maximum absolute atomic E-state index is 10.7. The predicted octanol–water partition coefficient (Wildman–Crippen LogP) is -1.40. The first-order chi connectivity index (χ1) is 5.18. The van der Waals surface area contributed by atoms with E-state index in [0.717, 1.165) is 0 Å². The second kappa shape index (κ2) is 3.20. The Morgan fingerprint density at radius 1 is 1.73 bits per heavy atom. The van der Waals surface area contributed by atoms with Crippen LogP contribution in [0, 0.1) is 0 Å². The summed E-state index contributed by atoms with van der Waals surface area (Å²) in [5.41, 5.74) is 2.10. The molecule has 1 heterocycles. The van der Waals surface area contributed by atoms with Gasteiger partial charge in [-0.1, -0.05) is 0 Å². The second-order valence-corrected chi connectivity index (χ2v) is 2.19. The van der Waals surface area contributed by atoms with Gasteiger partial charge in [0.15, 0.2) is 0 Å². The summed E-state index contributed by atoms with van der Waals surface area (Å²) in [5, 5.41) is 12.2. The van der Waals surface area contributed by atoms with Crippen LogP contribution in [-0.2, 0) is 4.79 Å². The van der Waals surface area contributed by atoms with Gasteiger partial charge in [-0.25, -0.2) is 9.80 Å². The van der Waals surface area contributed by atoms with E-state index in [1.165, 1.54) is 5.01 Å². The molecule has 2 amide bonds. The summed E-state index contributed by atoms with van der Waals surface area (Å²) in [5.74, 6) is -0.162. The van der Waals surface area contributed by atoms with Gasteiger partial charge >= 0.3 is 6.09 Å². The summed E-state index contributed by atoms with van der Waals surface area (Å²) in [6.07, 6.45) is -1.14. The molecule has 0 aromatic carbocycles. The largest absolute Gasteiger partial charge is 0.464 e. The minimum Gasteiger partial charge on any atom is -0.464 e. The first-order valence-electron chi connectivity index (χ1n) is 3.20. The molecule has 1 aliphatic rings. The van der Waals surface area contributed by atoms with Crippen molar-refractivity contribution in [1.29, 1.82) is 0 Å². The molecule has 1 rings (SSSR count). The van der Waals surface area contributed by atoms with Gasteiger partial charge in [0.2, 0.25) is 5.91 Å². The van der Waals surface area contributed by atoms with E-state index in [4.69, 9.17) is 5.11 Å². The third kappa shape index (κ3) is 2.42. The highest BCUT2D eigenvalue weighted by molar-refractivity contribution is 5.79. The lowest BCUT2D eigenvalue weighted by Gasteiger charge is -2.25. The zero-order valence-electron chi connectivity index (χ0n) is 5.83. The molecule has 11 heavy (non-hydrogen) atoms. The topological polar surface area (TPSA) is 81.7 Å². The molecule has 0 unspecified atom stereocenters. The van der Waals surface area contributed by atoms with Crippen molar-refractivity contribution in [1.82, 2.24) is 15.8 Å². The molecule has 1 fully saturated rings. The molecular formula is C5H9N3O3. The zero-order chi connectivity index (χ0) is 8.27. The van der Waals surface area contributed by atoms with Gasteiger partial charge in [-0.3, -0.25) is 10.2 Å². The molecule has 6 nitrogen and oxygen atoms in total. The van der Waals surface area contributed by atoms with Crippen LogP contribution in [0.25, 0.3) is 0 Å². The van der Waals surface area contributed by atoms with Gasteiger partial charge in [0.25, 0.3) is 0 Å². The fourth-order valence-corrected chi connectivity index (χ4v) is 0.869. The van der Waals surface area contributed by atoms with Crippen molar-refractivity contribution in [2.45, 2.75) is 0 Å². The minimum absolute atomic E-state index is 0.0896. The first-order valence-corrected chi connectivity index (χ1v) is 3.20. The number of hydrazine groups is 1. The van der Waals surface area contributed by atoms with Crippen LogP contribution in [0.2, 0.25) is 0 Å². The quantitative estimate of drug-likeness (QED) is 0.439. The summed E-state index contributed by atoms with van der Waals surface area (Å²) in [6, 6.07) is 0. The van der Waals surface area contributed by atoms with E-state index >= 15 is 0 Å². The number of carbonyl (C=O) groups is 2. The first kappa shape index (κ1) is 7.80. The number of hydrogen-bond donors (Lipinski definition) is 3. The molecule has 0 aromatic heterocycles. The number of nitrogens with one attached hydrogen (secondary N) is 2. The van der Waals surface area contributed by atoms with Crippen molar-refractivity contribution >= 4 is 12.0 Å². The van der Waals surface area contributed by atoms with E-state index in [0.29, 0.717) is 13.1 Å². The summed E-state index contributed by atoms with van der Waals surface area (Å²) in [4.78, 5) is 20.8. The van der Waals surface area contributed by atoms with Crippen molar-refractivity contribution in [3.8, 4) is 0 Å². The Labute approximate surface area is 63.1 Å². The predicted molar refractivity (Wildman–Crippen MR) is 35.7 cm³/mol. The average Bonchev–Trinajstić information content (AvgIpc) is 1.85. The van der Waals surface area contributed by atoms with Crippen LogP contribution in [0.1, 0.15) is 0 Å². The molecule has 0 bridgehead atoms. The standard InChI is InChI=1S/C5H9N3O3/c9-4-3-8(2-1-6-4)7-5(10)11/h7H,1-3H2,(H,6,9)(H,10,11). The van der Waals surface area contributed by atoms with Gasteiger partial charge in [-0.05, 0) is 0 Å². The molecule has 62 valence electrons. The molecule has 6 heteroatoms. The lowest BCUT2D eigenvalue weighted by atomic mass is 10.4. The van der Waals surface area contributed by atoms with E-state index in [1.54, 1.807) is 0 Å². The van der Waals surface area contributed by atoms with Crippen LogP contribution in [0.3, 0.4) is 0 Å². The molecule has 1 aliphatic heterocycles. The van der Waals surface area contributed by atoms with Crippen molar-refractivity contribution in [2.24, 2.45) is 0 Å². The molecule has 0 atom stereocenters. The number of carbonyl (C=O) groups excluding carboxylic acids is 1. The van der Waals surface area contributed by atoms with Crippen LogP contribution >= 0.6 is 0 Å². The Balaban J connectivity index is 2.34. The summed E-state index contributed by atoms with van der Waals surface area (Å²) >= 11 is 0. The van der Waals surface area contributed by atoms with Crippen LogP contribution in [0.15, 0.2) is 0 Å². The van der Waals surface area contributed by atoms with Gasteiger partial charge in [-0.15, -0.1) is 0 Å². The molecule has 0 aromatic rings. The summed E-state index contributed by atoms with van der Waals surface area (Å²) in [6.45, 7) is 1.09. The second-order valence-electron chi connectivity index (χ2n) is 2.19. The molecule has 0 radical (unpaired) electrons. The fraction of sp³-hybridized carbons (Fsp3) is 0.600. The Bertz CT molecular complexity index is 180. The third-order valence-electron chi connectivity index (χ3n) is 1.29. The third-order valence-corrected chi connectivity index (χ3v) is 1.29. The van der Waals surface area contributed by atoms with Crippen molar-refractivity contribution < 1.29 is 14.7 Å². The van der Waals surface area contributed by atoms with Gasteiger partial charge < -0.3 is 10.4 Å². The highest BCUT2D eigenvalue weighted by Gasteiger charge is 2.16. The number of nitrogens with zero attached hydrogens (tertiary/aromatic N) is 1. The van der Waals surface area contributed by atoms with E-state index in [1.807, 2.05) is 0 Å². The average molecular weight is 159 g/mol. The number of amides is 2. The Hall–Kier alpha value is -1.30. The van der Waals surface area contributed by atoms with E-state index < -0.39 is 6.09 Å². The van der Waals surface area contributed by atoms with E-state index in [2.05, 4.69) is 10.7 Å². The van der Waals surface area contributed by atoms with Crippen molar-refractivity contribution in [3.63, 3.8) is 0 Å². The summed E-state index contributed by atoms with van der Waals surface area (Å²) < 4.78 is 0. The molecule has 3 N–H and O–H groups in total. The lowest BCUT2D eigenvalue weighted by Crippen LogP contribution is -2.54. The zero-order valence-corrected chi connectivity index (χ0v) is 5.83.